The summed E-state index contributed by atoms with van der Waals surface area (Å²) in [5.74, 6) is 0.635. The van der Waals surface area contributed by atoms with Gasteiger partial charge in [-0.2, -0.15) is 5.10 Å². The molecule has 4 aromatic rings. The lowest BCUT2D eigenvalue weighted by atomic mass is 9.94. The number of rotatable bonds is 6. The van der Waals surface area contributed by atoms with Crippen LogP contribution in [0.2, 0.25) is 0 Å². The molecule has 1 amide bonds. The van der Waals surface area contributed by atoms with Crippen LogP contribution >= 0.6 is 0 Å². The number of pyridine rings is 1. The summed E-state index contributed by atoms with van der Waals surface area (Å²) in [4.78, 5) is 19.5. The van der Waals surface area contributed by atoms with Crippen LogP contribution in [-0.2, 0) is 6.54 Å². The van der Waals surface area contributed by atoms with Gasteiger partial charge in [-0.25, -0.2) is 0 Å². The van der Waals surface area contributed by atoms with Crippen molar-refractivity contribution in [2.75, 3.05) is 25.5 Å². The summed E-state index contributed by atoms with van der Waals surface area (Å²) in [6.45, 7) is 5.32. The summed E-state index contributed by atoms with van der Waals surface area (Å²) in [5.41, 5.74) is 5.55. The lowest BCUT2D eigenvalue weighted by Crippen LogP contribution is -2.30. The molecule has 174 valence electrons. The Kier molecular flexibility index (Phi) is 6.41. The quantitative estimate of drug-likeness (QED) is 0.425. The third kappa shape index (κ3) is 4.87. The molecule has 5 rings (SSSR count). The minimum absolute atomic E-state index is 0.121. The Bertz CT molecular complexity index is 1290. The Labute approximate surface area is 200 Å². The van der Waals surface area contributed by atoms with Gasteiger partial charge in [-0.05, 0) is 106 Å². The molecule has 2 aromatic carbocycles. The van der Waals surface area contributed by atoms with Gasteiger partial charge in [0.15, 0.2) is 0 Å². The largest absolute Gasteiger partial charge is 0.322 e. The summed E-state index contributed by atoms with van der Waals surface area (Å²) in [6, 6.07) is 17.6. The summed E-state index contributed by atoms with van der Waals surface area (Å²) in [6.07, 6.45) is 7.18. The number of hydrogen-bond donors (Lipinski definition) is 1. The molecule has 1 N–H and O–H groups in total. The molecule has 0 aliphatic carbocycles. The molecule has 2 aromatic heterocycles. The maximum absolute atomic E-state index is 13.0. The second kappa shape index (κ2) is 9.77. The van der Waals surface area contributed by atoms with E-state index in [2.05, 4.69) is 46.0 Å². The number of nitrogens with one attached hydrogen (secondary N) is 1. The van der Waals surface area contributed by atoms with E-state index in [1.165, 1.54) is 25.9 Å². The third-order valence-corrected chi connectivity index (χ3v) is 6.92. The first-order valence-corrected chi connectivity index (χ1v) is 12.0. The molecule has 1 aliphatic rings. The van der Waals surface area contributed by atoms with Gasteiger partial charge in [0.05, 0.1) is 11.2 Å². The van der Waals surface area contributed by atoms with Crippen LogP contribution < -0.4 is 5.32 Å². The van der Waals surface area contributed by atoms with Gasteiger partial charge in [0.2, 0.25) is 0 Å². The fraction of sp³-hybridized carbons (Fsp3) is 0.321. The molecule has 0 atom stereocenters. The number of aryl methyl sites for hydroxylation is 2. The molecule has 34 heavy (non-hydrogen) atoms. The van der Waals surface area contributed by atoms with Crippen molar-refractivity contribution in [2.45, 2.75) is 32.7 Å². The number of amides is 1. The standard InChI is InChI=1S/C28H31N5O/c1-20-26-7-6-25(19-27(26)33(31-20)17-12-21-10-15-32(2)16-11-21)30-28(34)24-5-3-4-23(18-24)22-8-13-29-14-9-22/h3-9,13-14,18-19,21H,10-12,15-17H2,1-2H3,(H,30,34). The average molecular weight is 454 g/mol. The predicted octanol–water partition coefficient (Wildman–Crippen LogP) is 5.39. The lowest BCUT2D eigenvalue weighted by Gasteiger charge is -2.28. The van der Waals surface area contributed by atoms with Gasteiger partial charge in [-0.3, -0.25) is 14.5 Å². The molecule has 0 unspecified atom stereocenters. The highest BCUT2D eigenvalue weighted by molar-refractivity contribution is 6.05. The zero-order valence-electron chi connectivity index (χ0n) is 19.9. The highest BCUT2D eigenvalue weighted by atomic mass is 16.1. The van der Waals surface area contributed by atoms with E-state index >= 15 is 0 Å². The van der Waals surface area contributed by atoms with Crippen molar-refractivity contribution in [2.24, 2.45) is 5.92 Å². The van der Waals surface area contributed by atoms with Crippen molar-refractivity contribution in [1.29, 1.82) is 0 Å². The van der Waals surface area contributed by atoms with Crippen LogP contribution in [0, 0.1) is 12.8 Å². The van der Waals surface area contributed by atoms with Crippen LogP contribution in [0.5, 0.6) is 0 Å². The van der Waals surface area contributed by atoms with Crippen molar-refractivity contribution in [3.8, 4) is 11.1 Å². The number of nitrogens with zero attached hydrogens (tertiary/aromatic N) is 4. The monoisotopic (exact) mass is 453 g/mol. The Balaban J connectivity index is 1.32. The number of fused-ring (bicyclic) bond motifs is 1. The molecule has 6 heteroatoms. The van der Waals surface area contributed by atoms with Crippen molar-refractivity contribution >= 4 is 22.5 Å². The van der Waals surface area contributed by atoms with Gasteiger partial charge < -0.3 is 10.2 Å². The van der Waals surface area contributed by atoms with Gasteiger partial charge in [0.1, 0.15) is 0 Å². The van der Waals surface area contributed by atoms with Crippen LogP contribution in [-0.4, -0.2) is 45.7 Å². The molecule has 1 aliphatic heterocycles. The van der Waals surface area contributed by atoms with Gasteiger partial charge in [-0.15, -0.1) is 0 Å². The van der Waals surface area contributed by atoms with Crippen LogP contribution in [0.25, 0.3) is 22.0 Å². The maximum atomic E-state index is 13.0. The van der Waals surface area contributed by atoms with Gasteiger partial charge in [0, 0.05) is 35.6 Å². The zero-order valence-corrected chi connectivity index (χ0v) is 19.9. The Morgan fingerprint density at radius 2 is 1.82 bits per heavy atom. The molecular weight excluding hydrogens is 422 g/mol. The predicted molar refractivity (Wildman–Crippen MR) is 137 cm³/mol. The first kappa shape index (κ1) is 22.3. The first-order chi connectivity index (χ1) is 16.6. The number of aromatic nitrogens is 3. The Morgan fingerprint density at radius 3 is 2.62 bits per heavy atom. The van der Waals surface area contributed by atoms with E-state index in [4.69, 9.17) is 5.10 Å². The molecule has 0 radical (unpaired) electrons. The minimum Gasteiger partial charge on any atom is -0.322 e. The number of likely N-dealkylation sites (tertiary alicyclic amines) is 1. The number of benzene rings is 2. The summed E-state index contributed by atoms with van der Waals surface area (Å²) < 4.78 is 2.11. The lowest BCUT2D eigenvalue weighted by molar-refractivity contribution is 0.102. The average Bonchev–Trinajstić information content (AvgIpc) is 3.19. The van der Waals surface area contributed by atoms with E-state index in [1.807, 2.05) is 42.5 Å². The summed E-state index contributed by atoms with van der Waals surface area (Å²) in [5, 5.41) is 9.02. The van der Waals surface area contributed by atoms with Crippen LogP contribution in [0.4, 0.5) is 5.69 Å². The van der Waals surface area contributed by atoms with E-state index < -0.39 is 0 Å². The Morgan fingerprint density at radius 1 is 1.03 bits per heavy atom. The highest BCUT2D eigenvalue weighted by Gasteiger charge is 2.18. The normalized spacial score (nSPS) is 15.0. The minimum atomic E-state index is -0.121. The van der Waals surface area contributed by atoms with Crippen LogP contribution in [0.1, 0.15) is 35.3 Å². The van der Waals surface area contributed by atoms with E-state index in [1.54, 1.807) is 12.4 Å². The van der Waals surface area contributed by atoms with E-state index in [0.29, 0.717) is 5.56 Å². The van der Waals surface area contributed by atoms with Crippen molar-refractivity contribution in [3.05, 3.63) is 78.2 Å². The van der Waals surface area contributed by atoms with E-state index in [-0.39, 0.29) is 5.91 Å². The summed E-state index contributed by atoms with van der Waals surface area (Å²) >= 11 is 0. The molecule has 3 heterocycles. The molecule has 6 nitrogen and oxygen atoms in total. The fourth-order valence-electron chi connectivity index (χ4n) is 4.83. The SMILES string of the molecule is Cc1nn(CCC2CCN(C)CC2)c2cc(NC(=O)c3cccc(-c4ccncc4)c3)ccc12. The molecule has 1 saturated heterocycles. The van der Waals surface area contributed by atoms with Crippen molar-refractivity contribution in [1.82, 2.24) is 19.7 Å². The van der Waals surface area contributed by atoms with Gasteiger partial charge in [-0.1, -0.05) is 12.1 Å². The third-order valence-electron chi connectivity index (χ3n) is 6.92. The van der Waals surface area contributed by atoms with Gasteiger partial charge in [0.25, 0.3) is 5.91 Å². The smallest absolute Gasteiger partial charge is 0.255 e. The first-order valence-electron chi connectivity index (χ1n) is 12.0. The molecule has 0 bridgehead atoms. The number of piperidine rings is 1. The molecule has 1 fully saturated rings. The highest BCUT2D eigenvalue weighted by Crippen LogP contribution is 2.26. The topological polar surface area (TPSA) is 63.1 Å². The number of hydrogen-bond acceptors (Lipinski definition) is 4. The number of carbonyl (C=O) groups is 1. The molecule has 0 spiro atoms. The second-order valence-corrected chi connectivity index (χ2v) is 9.35. The van der Waals surface area contributed by atoms with E-state index in [0.717, 1.165) is 52.3 Å². The van der Waals surface area contributed by atoms with Gasteiger partial charge >= 0.3 is 0 Å². The Hall–Kier alpha value is -3.51. The van der Waals surface area contributed by atoms with Crippen LogP contribution in [0.15, 0.2) is 67.0 Å². The maximum Gasteiger partial charge on any atom is 0.255 e. The van der Waals surface area contributed by atoms with Crippen molar-refractivity contribution in [3.63, 3.8) is 0 Å². The zero-order chi connectivity index (χ0) is 23.5. The fourth-order valence-corrected chi connectivity index (χ4v) is 4.83. The van der Waals surface area contributed by atoms with E-state index in [9.17, 15) is 4.79 Å². The molecular formula is C28H31N5O. The number of anilines is 1. The number of carbonyl (C=O) groups excluding carboxylic acids is 1. The molecule has 0 saturated carbocycles. The van der Waals surface area contributed by atoms with Crippen molar-refractivity contribution < 1.29 is 4.79 Å². The second-order valence-electron chi connectivity index (χ2n) is 9.35. The summed E-state index contributed by atoms with van der Waals surface area (Å²) in [7, 11) is 2.20. The van der Waals surface area contributed by atoms with Crippen LogP contribution in [0.3, 0.4) is 0 Å².